The molecule has 65 heavy (non-hydrogen) atoms. The summed E-state index contributed by atoms with van der Waals surface area (Å²) in [5.41, 5.74) is 5.37. The molecule has 0 aromatic rings. The zero-order valence-corrected chi connectivity index (χ0v) is 43.4. The minimum absolute atomic E-state index is 0.0526. The van der Waals surface area contributed by atoms with E-state index in [4.69, 9.17) is 24.3 Å². The van der Waals surface area contributed by atoms with Gasteiger partial charge in [-0.25, -0.2) is 4.57 Å². The highest BCUT2D eigenvalue weighted by Crippen LogP contribution is 2.43. The lowest BCUT2D eigenvalue weighted by Crippen LogP contribution is -2.29. The van der Waals surface area contributed by atoms with Crippen LogP contribution in [0.5, 0.6) is 0 Å². The maximum Gasteiger partial charge on any atom is 0.472 e. The number of hydrogen-bond donors (Lipinski definition) is 2. The van der Waals surface area contributed by atoms with Crippen LogP contribution in [0, 0.1) is 0 Å². The molecule has 0 fully saturated rings. The Hall–Kier alpha value is -1.77. The highest BCUT2D eigenvalue weighted by Gasteiger charge is 2.26. The van der Waals surface area contributed by atoms with E-state index < -0.39 is 26.5 Å². The minimum atomic E-state index is -4.38. The molecule has 0 rings (SSSR count). The summed E-state index contributed by atoms with van der Waals surface area (Å²) >= 11 is 0. The summed E-state index contributed by atoms with van der Waals surface area (Å²) in [5, 5.41) is 0. The molecule has 0 saturated heterocycles. The molecule has 10 heteroatoms. The number of carbonyl (C=O) groups excluding carboxylic acids is 2. The van der Waals surface area contributed by atoms with Gasteiger partial charge in [0.15, 0.2) is 6.10 Å². The van der Waals surface area contributed by atoms with Crippen LogP contribution in [0.4, 0.5) is 0 Å². The summed E-state index contributed by atoms with van der Waals surface area (Å²) in [6.07, 6.45) is 60.5. The van der Waals surface area contributed by atoms with Gasteiger partial charge in [0.1, 0.15) is 6.61 Å². The lowest BCUT2D eigenvalue weighted by molar-refractivity contribution is -0.161. The molecule has 0 saturated carbocycles. The van der Waals surface area contributed by atoms with Crippen molar-refractivity contribution in [3.63, 3.8) is 0 Å². The summed E-state index contributed by atoms with van der Waals surface area (Å²) < 4.78 is 33.0. The van der Waals surface area contributed by atoms with Crippen molar-refractivity contribution in [3.8, 4) is 0 Å². The number of esters is 2. The molecule has 0 bridgehead atoms. The van der Waals surface area contributed by atoms with Gasteiger partial charge in [0, 0.05) is 19.4 Å². The van der Waals surface area contributed by atoms with Gasteiger partial charge in [-0.1, -0.05) is 224 Å². The van der Waals surface area contributed by atoms with E-state index in [1.165, 1.54) is 186 Å². The van der Waals surface area contributed by atoms with Crippen LogP contribution < -0.4 is 5.73 Å². The van der Waals surface area contributed by atoms with E-state index in [1.54, 1.807) is 0 Å². The van der Waals surface area contributed by atoms with E-state index in [-0.39, 0.29) is 38.6 Å². The maximum absolute atomic E-state index is 12.6. The van der Waals surface area contributed by atoms with E-state index in [9.17, 15) is 19.0 Å². The molecule has 0 aliphatic heterocycles. The molecule has 0 heterocycles. The van der Waals surface area contributed by atoms with Crippen LogP contribution in [-0.4, -0.2) is 49.3 Å². The Labute approximate surface area is 401 Å². The molecular formula is C55H104NO8P. The van der Waals surface area contributed by atoms with Crippen molar-refractivity contribution in [2.24, 2.45) is 5.73 Å². The SMILES string of the molecule is CCCCC/C=C\C/C=C\CCCCCCCCCC(=O)OC(COC(=O)CCCCCCCCCCCCCCCCC/C=C\CCCCCCCCCC)COP(=O)(O)OCCN. The molecule has 2 unspecified atom stereocenters. The van der Waals surface area contributed by atoms with Crippen molar-refractivity contribution in [1.29, 1.82) is 0 Å². The van der Waals surface area contributed by atoms with Crippen LogP contribution in [0.3, 0.4) is 0 Å². The molecular weight excluding hydrogens is 834 g/mol. The minimum Gasteiger partial charge on any atom is -0.462 e. The Balaban J connectivity index is 3.94. The van der Waals surface area contributed by atoms with Crippen LogP contribution in [0.25, 0.3) is 0 Å². The van der Waals surface area contributed by atoms with Gasteiger partial charge in [0.05, 0.1) is 13.2 Å². The number of nitrogens with two attached hydrogens (primary N) is 1. The first kappa shape index (κ1) is 63.2. The van der Waals surface area contributed by atoms with Gasteiger partial charge >= 0.3 is 19.8 Å². The van der Waals surface area contributed by atoms with Crippen LogP contribution in [0.1, 0.15) is 271 Å². The van der Waals surface area contributed by atoms with E-state index in [0.717, 1.165) is 51.4 Å². The van der Waals surface area contributed by atoms with Crippen LogP contribution >= 0.6 is 7.82 Å². The molecule has 3 N–H and O–H groups in total. The number of phosphoric ester groups is 1. The summed E-state index contributed by atoms with van der Waals surface area (Å²) in [6, 6.07) is 0. The fraction of sp³-hybridized carbons (Fsp3) is 0.855. The second-order valence-corrected chi connectivity index (χ2v) is 19.9. The highest BCUT2D eigenvalue weighted by atomic mass is 31.2. The molecule has 0 aromatic heterocycles. The van der Waals surface area contributed by atoms with E-state index in [1.807, 2.05) is 0 Å². The predicted octanol–water partition coefficient (Wildman–Crippen LogP) is 16.8. The Morgan fingerprint density at radius 1 is 0.462 bits per heavy atom. The molecule has 382 valence electrons. The summed E-state index contributed by atoms with van der Waals surface area (Å²) in [5.74, 6) is -0.827. The maximum atomic E-state index is 12.6. The normalized spacial score (nSPS) is 13.4. The molecule has 0 radical (unpaired) electrons. The lowest BCUT2D eigenvalue weighted by Gasteiger charge is -2.19. The number of carbonyl (C=O) groups is 2. The van der Waals surface area contributed by atoms with Gasteiger partial charge in [-0.2, -0.15) is 0 Å². The van der Waals surface area contributed by atoms with Crippen molar-refractivity contribution >= 4 is 19.8 Å². The first-order chi connectivity index (χ1) is 31.8. The molecule has 0 amide bonds. The van der Waals surface area contributed by atoms with Gasteiger partial charge in [-0.15, -0.1) is 0 Å². The molecule has 0 spiro atoms. The quantitative estimate of drug-likeness (QED) is 0.0264. The zero-order chi connectivity index (χ0) is 47.4. The first-order valence-electron chi connectivity index (χ1n) is 27.5. The van der Waals surface area contributed by atoms with Gasteiger partial charge in [-0.05, 0) is 70.6 Å². The van der Waals surface area contributed by atoms with E-state index in [2.05, 4.69) is 50.3 Å². The first-order valence-corrected chi connectivity index (χ1v) is 29.0. The third kappa shape index (κ3) is 51.5. The van der Waals surface area contributed by atoms with Crippen molar-refractivity contribution in [2.45, 2.75) is 277 Å². The van der Waals surface area contributed by atoms with Crippen LogP contribution in [-0.2, 0) is 32.7 Å². The Kier molecular flexibility index (Phi) is 50.2. The second kappa shape index (κ2) is 51.6. The summed E-state index contributed by atoms with van der Waals surface area (Å²) in [6.45, 7) is 3.74. The number of ether oxygens (including phenoxy) is 2. The van der Waals surface area contributed by atoms with Gasteiger partial charge < -0.3 is 20.1 Å². The summed E-state index contributed by atoms with van der Waals surface area (Å²) in [4.78, 5) is 35.1. The fourth-order valence-electron chi connectivity index (χ4n) is 7.90. The average Bonchev–Trinajstić information content (AvgIpc) is 3.30. The molecule has 2 atom stereocenters. The molecule has 0 aliphatic rings. The third-order valence-corrected chi connectivity index (χ3v) is 13.0. The van der Waals surface area contributed by atoms with Crippen LogP contribution in [0.2, 0.25) is 0 Å². The van der Waals surface area contributed by atoms with Crippen molar-refractivity contribution < 1.29 is 37.6 Å². The second-order valence-electron chi connectivity index (χ2n) is 18.4. The Morgan fingerprint density at radius 3 is 1.22 bits per heavy atom. The van der Waals surface area contributed by atoms with E-state index >= 15 is 0 Å². The highest BCUT2D eigenvalue weighted by molar-refractivity contribution is 7.47. The third-order valence-electron chi connectivity index (χ3n) is 12.0. The molecule has 0 aliphatic carbocycles. The standard InChI is InChI=1S/C55H104NO8P/c1-3-5-7-9-11-13-15-17-19-21-22-23-24-25-26-27-28-29-30-32-33-35-37-39-41-43-45-47-54(57)61-51-53(52-63-65(59,60)62-50-49-56)64-55(58)48-46-44-42-40-38-36-34-31-20-18-16-14-12-10-8-6-4-2/h12,14,18,20-22,53H,3-11,13,15-17,19,23-52,56H2,1-2H3,(H,59,60)/b14-12-,20-18-,22-21-. The van der Waals surface area contributed by atoms with Gasteiger partial charge in [0.2, 0.25) is 0 Å². The topological polar surface area (TPSA) is 134 Å². The number of phosphoric acid groups is 1. The van der Waals surface area contributed by atoms with Crippen molar-refractivity contribution in [1.82, 2.24) is 0 Å². The van der Waals surface area contributed by atoms with Crippen molar-refractivity contribution in [2.75, 3.05) is 26.4 Å². The fourth-order valence-corrected chi connectivity index (χ4v) is 8.66. The monoisotopic (exact) mass is 938 g/mol. The lowest BCUT2D eigenvalue weighted by atomic mass is 10.0. The number of rotatable bonds is 52. The number of unbranched alkanes of at least 4 members (excludes halogenated alkanes) is 33. The average molecular weight is 938 g/mol. The molecule has 9 nitrogen and oxygen atoms in total. The smallest absolute Gasteiger partial charge is 0.462 e. The predicted molar refractivity (Wildman–Crippen MR) is 275 cm³/mol. The summed E-state index contributed by atoms with van der Waals surface area (Å²) in [7, 11) is -4.38. The number of hydrogen-bond acceptors (Lipinski definition) is 8. The van der Waals surface area contributed by atoms with E-state index in [0.29, 0.717) is 6.42 Å². The number of allylic oxidation sites excluding steroid dienone is 6. The van der Waals surface area contributed by atoms with Crippen LogP contribution in [0.15, 0.2) is 36.5 Å². The van der Waals surface area contributed by atoms with Gasteiger partial charge in [0.25, 0.3) is 0 Å². The largest absolute Gasteiger partial charge is 0.472 e. The zero-order valence-electron chi connectivity index (χ0n) is 42.5. The Morgan fingerprint density at radius 2 is 0.800 bits per heavy atom. The van der Waals surface area contributed by atoms with Gasteiger partial charge in [-0.3, -0.25) is 18.6 Å². The molecule has 0 aromatic carbocycles. The van der Waals surface area contributed by atoms with Crippen molar-refractivity contribution in [3.05, 3.63) is 36.5 Å². The Bertz CT molecular complexity index is 1160.